The molecule has 7 heteroatoms. The molecule has 0 saturated heterocycles. The fourth-order valence-corrected chi connectivity index (χ4v) is 2.30. The Hall–Kier alpha value is -3.48. The Kier molecular flexibility index (Phi) is 3.28. The van der Waals surface area contributed by atoms with Gasteiger partial charge in [0, 0.05) is 28.4 Å². The molecule has 0 fully saturated rings. The number of aromatic nitrogens is 5. The van der Waals surface area contributed by atoms with Crippen molar-refractivity contribution in [3.63, 3.8) is 0 Å². The van der Waals surface area contributed by atoms with Crippen LogP contribution in [0.15, 0.2) is 65.9 Å². The zero-order chi connectivity index (χ0) is 15.5. The SMILES string of the molecule is C(=Nn1nnnc1Nc1ccccc1)c1c[nH]c2ccccc12. The van der Waals surface area contributed by atoms with E-state index >= 15 is 0 Å². The van der Waals surface area contributed by atoms with Gasteiger partial charge in [-0.2, -0.15) is 5.10 Å². The highest BCUT2D eigenvalue weighted by atomic mass is 15.7. The number of hydrogen-bond acceptors (Lipinski definition) is 5. The minimum atomic E-state index is 0.451. The summed E-state index contributed by atoms with van der Waals surface area (Å²) in [5.74, 6) is 0.451. The molecule has 0 aliphatic carbocycles. The van der Waals surface area contributed by atoms with Crippen LogP contribution in [0, 0.1) is 0 Å². The molecule has 0 aliphatic rings. The Labute approximate surface area is 131 Å². The zero-order valence-corrected chi connectivity index (χ0v) is 12.1. The normalized spacial score (nSPS) is 11.3. The minimum absolute atomic E-state index is 0.451. The average molecular weight is 303 g/mol. The Bertz CT molecular complexity index is 953. The van der Waals surface area contributed by atoms with E-state index in [1.54, 1.807) is 6.21 Å². The summed E-state index contributed by atoms with van der Waals surface area (Å²) >= 11 is 0. The molecule has 2 N–H and O–H groups in total. The Morgan fingerprint density at radius 2 is 1.87 bits per heavy atom. The lowest BCUT2D eigenvalue weighted by Gasteiger charge is -2.02. The van der Waals surface area contributed by atoms with Crippen molar-refractivity contribution in [1.82, 2.24) is 25.3 Å². The summed E-state index contributed by atoms with van der Waals surface area (Å²) in [6, 6.07) is 17.7. The van der Waals surface area contributed by atoms with Crippen LogP contribution in [-0.2, 0) is 0 Å². The molecule has 2 aromatic carbocycles. The van der Waals surface area contributed by atoms with E-state index < -0.39 is 0 Å². The number of rotatable bonds is 4. The molecular weight excluding hydrogens is 290 g/mol. The first-order valence-corrected chi connectivity index (χ1v) is 7.11. The van der Waals surface area contributed by atoms with Gasteiger partial charge < -0.3 is 10.3 Å². The predicted molar refractivity (Wildman–Crippen MR) is 88.8 cm³/mol. The maximum Gasteiger partial charge on any atom is 0.269 e. The number of H-pyrrole nitrogens is 1. The Balaban J connectivity index is 1.61. The van der Waals surface area contributed by atoms with Crippen molar-refractivity contribution in [2.75, 3.05) is 5.32 Å². The summed E-state index contributed by atoms with van der Waals surface area (Å²) in [7, 11) is 0. The number of nitrogens with one attached hydrogen (secondary N) is 2. The van der Waals surface area contributed by atoms with E-state index in [0.717, 1.165) is 22.2 Å². The Morgan fingerprint density at radius 1 is 1.04 bits per heavy atom. The molecule has 0 atom stereocenters. The van der Waals surface area contributed by atoms with Crippen LogP contribution in [0.2, 0.25) is 0 Å². The topological polar surface area (TPSA) is 83.8 Å². The number of fused-ring (bicyclic) bond motifs is 1. The van der Waals surface area contributed by atoms with Gasteiger partial charge in [0.25, 0.3) is 5.95 Å². The quantitative estimate of drug-likeness (QED) is 0.568. The summed E-state index contributed by atoms with van der Waals surface area (Å²) in [4.78, 5) is 4.56. The number of tetrazole rings is 1. The highest BCUT2D eigenvalue weighted by Crippen LogP contribution is 2.16. The number of nitrogens with zero attached hydrogens (tertiary/aromatic N) is 5. The van der Waals surface area contributed by atoms with Crippen molar-refractivity contribution in [2.24, 2.45) is 5.10 Å². The fraction of sp³-hybridized carbons (Fsp3) is 0. The molecule has 0 bridgehead atoms. The number of hydrogen-bond donors (Lipinski definition) is 2. The van der Waals surface area contributed by atoms with Crippen LogP contribution < -0.4 is 5.32 Å². The third kappa shape index (κ3) is 2.67. The van der Waals surface area contributed by atoms with Crippen LogP contribution in [0.3, 0.4) is 0 Å². The molecule has 0 saturated carbocycles. The first-order valence-electron chi connectivity index (χ1n) is 7.11. The molecule has 0 aliphatic heterocycles. The van der Waals surface area contributed by atoms with Crippen LogP contribution >= 0.6 is 0 Å². The van der Waals surface area contributed by atoms with Crippen LogP contribution in [-0.4, -0.2) is 31.5 Å². The molecule has 2 aromatic heterocycles. The second-order valence-corrected chi connectivity index (χ2v) is 4.92. The van der Waals surface area contributed by atoms with E-state index in [1.807, 2.05) is 60.8 Å². The number of para-hydroxylation sites is 2. The Morgan fingerprint density at radius 3 is 2.78 bits per heavy atom. The van der Waals surface area contributed by atoms with Crippen LogP contribution in [0.5, 0.6) is 0 Å². The van der Waals surface area contributed by atoms with Gasteiger partial charge in [-0.25, -0.2) is 0 Å². The van der Waals surface area contributed by atoms with Gasteiger partial charge in [-0.15, -0.1) is 0 Å². The smallest absolute Gasteiger partial charge is 0.269 e. The lowest BCUT2D eigenvalue weighted by Crippen LogP contribution is -2.01. The van der Waals surface area contributed by atoms with Crippen LogP contribution in [0.4, 0.5) is 11.6 Å². The van der Waals surface area contributed by atoms with Crippen LogP contribution in [0.25, 0.3) is 10.9 Å². The molecule has 112 valence electrons. The first-order chi connectivity index (χ1) is 11.4. The summed E-state index contributed by atoms with van der Waals surface area (Å²) in [6.45, 7) is 0. The van der Waals surface area contributed by atoms with Gasteiger partial charge in [0.2, 0.25) is 0 Å². The number of aromatic amines is 1. The second kappa shape index (κ2) is 5.72. The lowest BCUT2D eigenvalue weighted by molar-refractivity contribution is 0.699. The van der Waals surface area contributed by atoms with Crippen molar-refractivity contribution in [3.8, 4) is 0 Å². The maximum absolute atomic E-state index is 4.33. The minimum Gasteiger partial charge on any atom is -0.361 e. The van der Waals surface area contributed by atoms with E-state index in [9.17, 15) is 0 Å². The first kappa shape index (κ1) is 13.2. The molecule has 2 heterocycles. The molecule has 0 unspecified atom stereocenters. The van der Waals surface area contributed by atoms with E-state index in [1.165, 1.54) is 4.79 Å². The highest BCUT2D eigenvalue weighted by molar-refractivity contribution is 5.98. The third-order valence-electron chi connectivity index (χ3n) is 3.41. The average Bonchev–Trinajstić information content (AvgIpc) is 3.21. The van der Waals surface area contributed by atoms with E-state index in [2.05, 4.69) is 30.9 Å². The lowest BCUT2D eigenvalue weighted by atomic mass is 10.2. The number of benzene rings is 2. The third-order valence-corrected chi connectivity index (χ3v) is 3.41. The predicted octanol–water partition coefficient (Wildman–Crippen LogP) is 2.78. The van der Waals surface area contributed by atoms with Crippen molar-refractivity contribution in [2.45, 2.75) is 0 Å². The molecule has 4 aromatic rings. The fourth-order valence-electron chi connectivity index (χ4n) is 2.30. The van der Waals surface area contributed by atoms with Crippen molar-refractivity contribution < 1.29 is 0 Å². The molecule has 4 rings (SSSR count). The van der Waals surface area contributed by atoms with Gasteiger partial charge in [0.05, 0.1) is 6.21 Å². The van der Waals surface area contributed by atoms with Gasteiger partial charge in [-0.3, -0.25) is 0 Å². The summed E-state index contributed by atoms with van der Waals surface area (Å²) in [6.07, 6.45) is 3.63. The summed E-state index contributed by atoms with van der Waals surface area (Å²) in [5.41, 5.74) is 2.93. The van der Waals surface area contributed by atoms with E-state index in [0.29, 0.717) is 5.95 Å². The second-order valence-electron chi connectivity index (χ2n) is 4.92. The summed E-state index contributed by atoms with van der Waals surface area (Å²) < 4.78 is 0. The van der Waals surface area contributed by atoms with Crippen molar-refractivity contribution in [3.05, 3.63) is 66.4 Å². The molecule has 0 spiro atoms. The van der Waals surface area contributed by atoms with Gasteiger partial charge in [0.15, 0.2) is 0 Å². The van der Waals surface area contributed by atoms with Crippen molar-refractivity contribution >= 4 is 28.8 Å². The monoisotopic (exact) mass is 303 g/mol. The maximum atomic E-state index is 4.33. The van der Waals surface area contributed by atoms with E-state index in [4.69, 9.17) is 0 Å². The largest absolute Gasteiger partial charge is 0.361 e. The van der Waals surface area contributed by atoms with Gasteiger partial charge in [0.1, 0.15) is 0 Å². The van der Waals surface area contributed by atoms with Crippen molar-refractivity contribution in [1.29, 1.82) is 0 Å². The van der Waals surface area contributed by atoms with Gasteiger partial charge in [-0.1, -0.05) is 46.3 Å². The molecule has 23 heavy (non-hydrogen) atoms. The zero-order valence-electron chi connectivity index (χ0n) is 12.1. The van der Waals surface area contributed by atoms with E-state index in [-0.39, 0.29) is 0 Å². The van der Waals surface area contributed by atoms with Crippen LogP contribution in [0.1, 0.15) is 5.56 Å². The molecule has 0 amide bonds. The standard InChI is InChI=1S/C16H13N7/c1-2-6-13(7-3-1)19-16-20-21-22-23(16)18-11-12-10-17-15-9-5-4-8-14(12)15/h1-11,17H,(H,19,20,22). The van der Waals surface area contributed by atoms with Gasteiger partial charge >= 0.3 is 0 Å². The highest BCUT2D eigenvalue weighted by Gasteiger charge is 2.05. The molecular formula is C16H13N7. The number of anilines is 2. The molecule has 0 radical (unpaired) electrons. The molecule has 7 nitrogen and oxygen atoms in total. The summed E-state index contributed by atoms with van der Waals surface area (Å²) in [5, 5.41) is 20.0. The van der Waals surface area contributed by atoms with Gasteiger partial charge in [-0.05, 0) is 28.6 Å².